The molecule has 0 bridgehead atoms. The highest BCUT2D eigenvalue weighted by Crippen LogP contribution is 1.87. The molecular weight excluding hydrogens is 126 g/mol. The molecule has 0 aliphatic carbocycles. The summed E-state index contributed by atoms with van der Waals surface area (Å²) in [5.41, 5.74) is 3.78. The lowest BCUT2D eigenvalue weighted by molar-refractivity contribution is 1.29. The van der Waals surface area contributed by atoms with Gasteiger partial charge in [0.15, 0.2) is 0 Å². The molecule has 0 fully saturated rings. The van der Waals surface area contributed by atoms with Crippen LogP contribution in [0.25, 0.3) is 0 Å². The van der Waals surface area contributed by atoms with Crippen LogP contribution in [-0.2, 0) is 0 Å². The Bertz CT molecular complexity index is 232. The molecule has 0 radical (unpaired) electrons. The van der Waals surface area contributed by atoms with Gasteiger partial charge < -0.3 is 0 Å². The van der Waals surface area contributed by atoms with E-state index in [2.05, 4.69) is 16.4 Å². The summed E-state index contributed by atoms with van der Waals surface area (Å²) >= 11 is 0. The van der Waals surface area contributed by atoms with E-state index in [1.54, 1.807) is 6.20 Å². The van der Waals surface area contributed by atoms with Crippen molar-refractivity contribution in [2.24, 2.45) is 0 Å². The van der Waals surface area contributed by atoms with Gasteiger partial charge >= 0.3 is 0 Å². The molecule has 44 valence electrons. The van der Waals surface area contributed by atoms with Crippen molar-refractivity contribution < 1.29 is 0 Å². The second-order valence-electron chi connectivity index (χ2n) is 1.59. The number of nitrogens with zero attached hydrogens (tertiary/aromatic N) is 1. The zero-order chi connectivity index (χ0) is 6.53. The second-order valence-corrected chi connectivity index (χ2v) is 2.09. The van der Waals surface area contributed by atoms with Gasteiger partial charge in [0.1, 0.15) is 5.69 Å². The van der Waals surface area contributed by atoms with Crippen LogP contribution in [-0.4, -0.2) is 15.2 Å². The molecule has 0 aliphatic heterocycles. The predicted molar refractivity (Wildman–Crippen MR) is 41.1 cm³/mol. The van der Waals surface area contributed by atoms with Gasteiger partial charge in [0.05, 0.1) is 10.2 Å². The van der Waals surface area contributed by atoms with Crippen LogP contribution in [0.1, 0.15) is 5.69 Å². The van der Waals surface area contributed by atoms with Gasteiger partial charge in [0.25, 0.3) is 0 Å². The summed E-state index contributed by atoms with van der Waals surface area (Å²) in [6.45, 7) is 0. The van der Waals surface area contributed by atoms with E-state index in [0.717, 1.165) is 15.9 Å². The lowest BCUT2D eigenvalue weighted by Crippen LogP contribution is -1.77. The molecule has 1 nitrogen and oxygen atoms in total. The van der Waals surface area contributed by atoms with Crippen LogP contribution < -0.4 is 0 Å². The van der Waals surface area contributed by atoms with Crippen LogP contribution in [0.5, 0.6) is 0 Å². The van der Waals surface area contributed by atoms with Gasteiger partial charge in [0.2, 0.25) is 0 Å². The van der Waals surface area contributed by atoms with Crippen molar-refractivity contribution in [1.29, 1.82) is 0 Å². The van der Waals surface area contributed by atoms with Gasteiger partial charge in [-0.1, -0.05) is 12.0 Å². The van der Waals surface area contributed by atoms with Crippen molar-refractivity contribution in [3.8, 4) is 11.5 Å². The zero-order valence-corrected chi connectivity index (χ0v) is 7.26. The van der Waals surface area contributed by atoms with E-state index in [1.807, 2.05) is 18.2 Å². The highest BCUT2D eigenvalue weighted by molar-refractivity contribution is 6.22. The summed E-state index contributed by atoms with van der Waals surface area (Å²) in [6, 6.07) is 5.73. The monoisotopic (exact) mass is 133 g/mol. The van der Waals surface area contributed by atoms with Crippen LogP contribution in [0, 0.1) is 11.5 Å². The molecule has 1 aromatic rings. The van der Waals surface area contributed by atoms with E-state index in [4.69, 9.17) is 0 Å². The van der Waals surface area contributed by atoms with Crippen LogP contribution >= 0.6 is 0 Å². The fraction of sp³-hybridized carbons (Fsp3) is 0. The fourth-order valence-electron chi connectivity index (χ4n) is 0.565. The summed E-state index contributed by atoms with van der Waals surface area (Å²) in [5, 5.41) is 0. The lowest BCUT2D eigenvalue weighted by atomic mass is 10.4. The molecule has 0 saturated heterocycles. The fourth-order valence-corrected chi connectivity index (χ4v) is 0.821. The topological polar surface area (TPSA) is 12.9 Å². The molecule has 0 aromatic carbocycles. The number of rotatable bonds is 0. The van der Waals surface area contributed by atoms with Crippen molar-refractivity contribution in [2.45, 2.75) is 0 Å². The molecule has 0 aliphatic rings. The van der Waals surface area contributed by atoms with Crippen molar-refractivity contribution >= 4 is 10.2 Å². The Morgan fingerprint density at radius 2 is 2.33 bits per heavy atom. The highest BCUT2D eigenvalue weighted by Gasteiger charge is 1.78. The van der Waals surface area contributed by atoms with E-state index < -0.39 is 0 Å². The Kier molecular flexibility index (Phi) is 2.05. The third-order valence-electron chi connectivity index (χ3n) is 0.918. The molecule has 1 heterocycles. The van der Waals surface area contributed by atoms with E-state index in [0.29, 0.717) is 0 Å². The Morgan fingerprint density at radius 1 is 1.44 bits per heavy atom. The normalized spacial score (nSPS) is 8.00. The molecular formula is C7H7NSi. The lowest BCUT2D eigenvalue weighted by Gasteiger charge is -1.82. The maximum Gasteiger partial charge on any atom is 0.112 e. The minimum absolute atomic E-state index is 0.868. The summed E-state index contributed by atoms with van der Waals surface area (Å²) in [5.74, 6) is 2.91. The minimum atomic E-state index is 0.868. The number of pyridine rings is 1. The molecule has 1 aromatic heterocycles. The first-order chi connectivity index (χ1) is 4.43. The number of aromatic nitrogens is 1. The molecule has 0 saturated carbocycles. The third kappa shape index (κ3) is 1.71. The first-order valence-corrected chi connectivity index (χ1v) is 3.77. The maximum atomic E-state index is 4.02. The van der Waals surface area contributed by atoms with E-state index in [-0.39, 0.29) is 0 Å². The average molecular weight is 133 g/mol. The van der Waals surface area contributed by atoms with Crippen LogP contribution in [0.3, 0.4) is 0 Å². The first kappa shape index (κ1) is 6.05. The molecule has 0 N–H and O–H groups in total. The molecule has 0 spiro atoms. The summed E-state index contributed by atoms with van der Waals surface area (Å²) < 4.78 is 0. The Balaban J connectivity index is 2.94. The highest BCUT2D eigenvalue weighted by atomic mass is 28.1. The van der Waals surface area contributed by atoms with Gasteiger partial charge in [-0.3, -0.25) is 0 Å². The smallest absolute Gasteiger partial charge is 0.112 e. The van der Waals surface area contributed by atoms with E-state index >= 15 is 0 Å². The molecule has 0 unspecified atom stereocenters. The second kappa shape index (κ2) is 3.05. The van der Waals surface area contributed by atoms with Gasteiger partial charge in [-0.05, 0) is 12.1 Å². The number of hydrogen-bond donors (Lipinski definition) is 0. The Morgan fingerprint density at radius 3 is 2.89 bits per heavy atom. The van der Waals surface area contributed by atoms with Crippen LogP contribution in [0.2, 0.25) is 0 Å². The van der Waals surface area contributed by atoms with Crippen LogP contribution in [0.15, 0.2) is 24.4 Å². The number of hydrogen-bond acceptors (Lipinski definition) is 1. The molecule has 2 heteroatoms. The predicted octanol–water partition coefficient (Wildman–Crippen LogP) is -0.244. The molecule has 9 heavy (non-hydrogen) atoms. The van der Waals surface area contributed by atoms with E-state index in [9.17, 15) is 0 Å². The average Bonchev–Trinajstić information content (AvgIpc) is 1.91. The molecule has 1 rings (SSSR count). The molecule has 0 amide bonds. The standard InChI is InChI=1S/C7H7NSi/c9-6-4-7-3-1-2-5-8-7/h1-3,5H,9H3. The van der Waals surface area contributed by atoms with Crippen molar-refractivity contribution in [3.05, 3.63) is 30.1 Å². The van der Waals surface area contributed by atoms with Gasteiger partial charge in [-0.2, -0.15) is 0 Å². The van der Waals surface area contributed by atoms with Gasteiger partial charge in [-0.15, -0.1) is 5.54 Å². The molecule has 0 atom stereocenters. The first-order valence-electron chi connectivity index (χ1n) is 2.77. The zero-order valence-electron chi connectivity index (χ0n) is 5.26. The Labute approximate surface area is 57.6 Å². The van der Waals surface area contributed by atoms with Crippen molar-refractivity contribution in [1.82, 2.24) is 4.98 Å². The minimum Gasteiger partial charge on any atom is -0.248 e. The quantitative estimate of drug-likeness (QED) is 0.351. The third-order valence-corrected chi connectivity index (χ3v) is 1.17. The summed E-state index contributed by atoms with van der Waals surface area (Å²) in [4.78, 5) is 4.02. The maximum absolute atomic E-state index is 4.02. The summed E-state index contributed by atoms with van der Waals surface area (Å²) in [6.07, 6.45) is 1.75. The SMILES string of the molecule is [SiH3]C#Cc1ccccn1. The summed E-state index contributed by atoms with van der Waals surface area (Å²) in [7, 11) is 0.923. The van der Waals surface area contributed by atoms with Crippen molar-refractivity contribution in [2.75, 3.05) is 0 Å². The Hall–Kier alpha value is -1.07. The van der Waals surface area contributed by atoms with Crippen LogP contribution in [0.4, 0.5) is 0 Å². The largest absolute Gasteiger partial charge is 0.248 e. The van der Waals surface area contributed by atoms with Crippen molar-refractivity contribution in [3.63, 3.8) is 0 Å². The van der Waals surface area contributed by atoms with E-state index in [1.165, 1.54) is 0 Å². The van der Waals surface area contributed by atoms with Gasteiger partial charge in [-0.25, -0.2) is 4.98 Å². The van der Waals surface area contributed by atoms with Gasteiger partial charge in [0, 0.05) is 6.20 Å².